The van der Waals surface area contributed by atoms with Gasteiger partial charge in [-0.15, -0.1) is 0 Å². The lowest BCUT2D eigenvalue weighted by molar-refractivity contribution is -0.116. The van der Waals surface area contributed by atoms with Crippen LogP contribution in [0.4, 0.5) is 11.4 Å². The first-order chi connectivity index (χ1) is 16.6. The van der Waals surface area contributed by atoms with Crippen molar-refractivity contribution in [1.29, 1.82) is 0 Å². The second kappa shape index (κ2) is 9.35. The van der Waals surface area contributed by atoms with E-state index in [4.69, 9.17) is 4.42 Å². The van der Waals surface area contributed by atoms with Gasteiger partial charge in [-0.2, -0.15) is 0 Å². The van der Waals surface area contributed by atoms with Crippen LogP contribution in [0.2, 0.25) is 0 Å². The van der Waals surface area contributed by atoms with Crippen LogP contribution in [0.5, 0.6) is 0 Å². The first-order valence-corrected chi connectivity index (χ1v) is 11.4. The molecule has 0 aliphatic carbocycles. The molecule has 0 unspecified atom stereocenters. The van der Waals surface area contributed by atoms with Gasteiger partial charge in [0.25, 0.3) is 5.91 Å². The SMILES string of the molecule is Cc1ccc(-c2cnc(CCC(=O)Nc3ccc(C(=O)N4CCc5ccccc54)cc3)o2)cc1. The molecule has 6 nitrogen and oxygen atoms in total. The Morgan fingerprint density at radius 2 is 1.76 bits per heavy atom. The fourth-order valence-electron chi connectivity index (χ4n) is 4.12. The molecule has 3 aromatic carbocycles. The van der Waals surface area contributed by atoms with Gasteiger partial charge in [-0.3, -0.25) is 9.59 Å². The molecule has 1 aliphatic heterocycles. The molecule has 1 N–H and O–H groups in total. The standard InChI is InChI=1S/C28H25N3O3/c1-19-6-8-21(9-7-19)25-18-29-27(34-25)15-14-26(32)30-23-12-10-22(11-13-23)28(33)31-17-16-20-4-2-3-5-24(20)31/h2-13,18H,14-17H2,1H3,(H,30,32). The van der Waals surface area contributed by atoms with E-state index in [0.29, 0.717) is 35.9 Å². The number of nitrogens with zero attached hydrogens (tertiary/aromatic N) is 2. The van der Waals surface area contributed by atoms with Crippen molar-refractivity contribution >= 4 is 23.2 Å². The molecule has 2 amide bonds. The molecule has 0 spiro atoms. The summed E-state index contributed by atoms with van der Waals surface area (Å²) in [4.78, 5) is 31.5. The maximum atomic E-state index is 12.9. The van der Waals surface area contributed by atoms with Gasteiger partial charge in [0.2, 0.25) is 5.91 Å². The number of aromatic nitrogens is 1. The van der Waals surface area contributed by atoms with Crippen molar-refractivity contribution in [3.05, 3.63) is 102 Å². The number of para-hydroxylation sites is 1. The summed E-state index contributed by atoms with van der Waals surface area (Å²) in [5, 5.41) is 2.87. The van der Waals surface area contributed by atoms with Crippen molar-refractivity contribution in [2.24, 2.45) is 0 Å². The molecular weight excluding hydrogens is 426 g/mol. The van der Waals surface area contributed by atoms with Crippen molar-refractivity contribution in [3.63, 3.8) is 0 Å². The first kappa shape index (κ1) is 21.6. The smallest absolute Gasteiger partial charge is 0.258 e. The Labute approximate surface area is 198 Å². The second-order valence-electron chi connectivity index (χ2n) is 8.45. The zero-order valence-electron chi connectivity index (χ0n) is 19.0. The molecule has 0 radical (unpaired) electrons. The number of nitrogens with one attached hydrogen (secondary N) is 1. The Morgan fingerprint density at radius 1 is 1.00 bits per heavy atom. The molecule has 34 heavy (non-hydrogen) atoms. The van der Waals surface area contributed by atoms with Crippen LogP contribution in [0.15, 0.2) is 83.4 Å². The van der Waals surface area contributed by atoms with E-state index in [-0.39, 0.29) is 18.2 Å². The molecule has 0 bridgehead atoms. The van der Waals surface area contributed by atoms with Crippen molar-refractivity contribution in [3.8, 4) is 11.3 Å². The molecule has 0 saturated heterocycles. The summed E-state index contributed by atoms with van der Waals surface area (Å²) in [6, 6.07) is 23.0. The number of amides is 2. The summed E-state index contributed by atoms with van der Waals surface area (Å²) in [5.41, 5.74) is 5.55. The monoisotopic (exact) mass is 451 g/mol. The quantitative estimate of drug-likeness (QED) is 0.424. The number of rotatable bonds is 6. The summed E-state index contributed by atoms with van der Waals surface area (Å²) in [7, 11) is 0. The number of aryl methyl sites for hydroxylation is 2. The average Bonchev–Trinajstić information content (AvgIpc) is 3.51. The van der Waals surface area contributed by atoms with Gasteiger partial charge < -0.3 is 14.6 Å². The molecule has 2 heterocycles. The third-order valence-electron chi connectivity index (χ3n) is 6.00. The van der Waals surface area contributed by atoms with Crippen molar-refractivity contribution < 1.29 is 14.0 Å². The van der Waals surface area contributed by atoms with Gasteiger partial charge in [0.05, 0.1) is 6.20 Å². The third-order valence-corrected chi connectivity index (χ3v) is 6.00. The van der Waals surface area contributed by atoms with Crippen LogP contribution in [0.3, 0.4) is 0 Å². The number of hydrogen-bond acceptors (Lipinski definition) is 4. The normalized spacial score (nSPS) is 12.4. The van der Waals surface area contributed by atoms with Crippen molar-refractivity contribution in [2.45, 2.75) is 26.2 Å². The zero-order valence-corrected chi connectivity index (χ0v) is 19.0. The van der Waals surface area contributed by atoms with E-state index < -0.39 is 0 Å². The number of oxazole rings is 1. The fourth-order valence-corrected chi connectivity index (χ4v) is 4.12. The molecule has 0 saturated carbocycles. The maximum absolute atomic E-state index is 12.9. The molecule has 0 fully saturated rings. The largest absolute Gasteiger partial charge is 0.441 e. The van der Waals surface area contributed by atoms with Crippen LogP contribution < -0.4 is 10.2 Å². The minimum absolute atomic E-state index is 0.0314. The highest BCUT2D eigenvalue weighted by molar-refractivity contribution is 6.07. The van der Waals surface area contributed by atoms with Gasteiger partial charge in [-0.25, -0.2) is 4.98 Å². The fraction of sp³-hybridized carbons (Fsp3) is 0.179. The van der Waals surface area contributed by atoms with Crippen molar-refractivity contribution in [2.75, 3.05) is 16.8 Å². The highest BCUT2D eigenvalue weighted by Crippen LogP contribution is 2.29. The molecule has 4 aromatic rings. The number of carbonyl (C=O) groups is 2. The minimum atomic E-state index is -0.136. The number of anilines is 2. The lowest BCUT2D eigenvalue weighted by Gasteiger charge is -2.17. The van der Waals surface area contributed by atoms with Crippen LogP contribution >= 0.6 is 0 Å². The van der Waals surface area contributed by atoms with Crippen LogP contribution in [0.25, 0.3) is 11.3 Å². The van der Waals surface area contributed by atoms with E-state index in [9.17, 15) is 9.59 Å². The topological polar surface area (TPSA) is 75.4 Å². The van der Waals surface area contributed by atoms with Crippen LogP contribution in [-0.4, -0.2) is 23.3 Å². The van der Waals surface area contributed by atoms with E-state index in [0.717, 1.165) is 17.7 Å². The van der Waals surface area contributed by atoms with Crippen LogP contribution in [0.1, 0.15) is 33.8 Å². The molecule has 0 atom stereocenters. The highest BCUT2D eigenvalue weighted by atomic mass is 16.4. The van der Waals surface area contributed by atoms with E-state index in [1.54, 1.807) is 30.5 Å². The van der Waals surface area contributed by atoms with Gasteiger partial charge in [0.1, 0.15) is 0 Å². The molecule has 170 valence electrons. The van der Waals surface area contributed by atoms with Gasteiger partial charge in [0, 0.05) is 41.9 Å². The Bertz CT molecular complexity index is 1320. The Hall–Kier alpha value is -4.19. The first-order valence-electron chi connectivity index (χ1n) is 11.4. The Balaban J connectivity index is 1.15. The lowest BCUT2D eigenvalue weighted by Crippen LogP contribution is -2.28. The highest BCUT2D eigenvalue weighted by Gasteiger charge is 2.25. The van der Waals surface area contributed by atoms with Gasteiger partial charge in [0.15, 0.2) is 11.7 Å². The summed E-state index contributed by atoms with van der Waals surface area (Å²) >= 11 is 0. The summed E-state index contributed by atoms with van der Waals surface area (Å²) in [6.07, 6.45) is 3.21. The van der Waals surface area contributed by atoms with Gasteiger partial charge >= 0.3 is 0 Å². The van der Waals surface area contributed by atoms with E-state index in [2.05, 4.69) is 16.4 Å². The number of carbonyl (C=O) groups excluding carboxylic acids is 2. The number of hydrogen-bond donors (Lipinski definition) is 1. The molecule has 1 aromatic heterocycles. The average molecular weight is 452 g/mol. The lowest BCUT2D eigenvalue weighted by atomic mass is 10.1. The van der Waals surface area contributed by atoms with Crippen molar-refractivity contribution in [1.82, 2.24) is 4.98 Å². The number of benzene rings is 3. The Morgan fingerprint density at radius 3 is 2.56 bits per heavy atom. The molecule has 1 aliphatic rings. The van der Waals surface area contributed by atoms with E-state index in [1.807, 2.05) is 54.3 Å². The predicted octanol–water partition coefficient (Wildman–Crippen LogP) is 5.42. The molecule has 5 rings (SSSR count). The van der Waals surface area contributed by atoms with Gasteiger partial charge in [-0.05, 0) is 49.2 Å². The van der Waals surface area contributed by atoms with Gasteiger partial charge in [-0.1, -0.05) is 48.0 Å². The van der Waals surface area contributed by atoms with Crippen LogP contribution in [0, 0.1) is 6.92 Å². The maximum Gasteiger partial charge on any atom is 0.258 e. The second-order valence-corrected chi connectivity index (χ2v) is 8.45. The third kappa shape index (κ3) is 4.62. The summed E-state index contributed by atoms with van der Waals surface area (Å²) in [5.74, 6) is 1.05. The van der Waals surface area contributed by atoms with Crippen LogP contribution in [-0.2, 0) is 17.6 Å². The summed E-state index contributed by atoms with van der Waals surface area (Å²) < 4.78 is 5.79. The minimum Gasteiger partial charge on any atom is -0.441 e. The number of fused-ring (bicyclic) bond motifs is 1. The van der Waals surface area contributed by atoms with E-state index in [1.165, 1.54) is 11.1 Å². The molecule has 6 heteroatoms. The predicted molar refractivity (Wildman–Crippen MR) is 132 cm³/mol. The summed E-state index contributed by atoms with van der Waals surface area (Å²) in [6.45, 7) is 2.72. The molecular formula is C28H25N3O3. The van der Waals surface area contributed by atoms with E-state index >= 15 is 0 Å². The Kier molecular flexibility index (Phi) is 5.95. The zero-order chi connectivity index (χ0) is 23.5.